The molecule has 0 bridgehead atoms. The molecule has 0 aromatic heterocycles. The van der Waals surface area contributed by atoms with E-state index in [1.54, 1.807) is 10.5 Å². The molecule has 1 heterocycles. The van der Waals surface area contributed by atoms with E-state index in [0.717, 1.165) is 63.0 Å². The summed E-state index contributed by atoms with van der Waals surface area (Å²) in [6.07, 6.45) is 12.0. The molecule has 2 fully saturated rings. The maximum atomic E-state index is 13.1. The number of piperidine rings is 1. The molecule has 1 aliphatic heterocycles. The molecule has 35 heavy (non-hydrogen) atoms. The highest BCUT2D eigenvalue weighted by Gasteiger charge is 2.32. The van der Waals surface area contributed by atoms with Gasteiger partial charge in [-0.3, -0.25) is 14.4 Å². The lowest BCUT2D eigenvalue weighted by Crippen LogP contribution is -2.48. The lowest BCUT2D eigenvalue weighted by atomic mass is 9.80. The Hall–Kier alpha value is -2.43. The van der Waals surface area contributed by atoms with Gasteiger partial charge < -0.3 is 10.2 Å². The average molecular weight is 481 g/mol. The Labute approximate surface area is 211 Å². The third kappa shape index (κ3) is 7.52. The third-order valence-electron chi connectivity index (χ3n) is 8.08. The number of carbonyl (C=O) groups is 3. The van der Waals surface area contributed by atoms with Gasteiger partial charge in [-0.25, -0.2) is 0 Å². The van der Waals surface area contributed by atoms with Crippen LogP contribution in [0.2, 0.25) is 0 Å². The van der Waals surface area contributed by atoms with Crippen LogP contribution in [0.15, 0.2) is 35.9 Å². The normalized spacial score (nSPS) is 23.3. The molecule has 4 rings (SSSR count). The van der Waals surface area contributed by atoms with Gasteiger partial charge in [-0.15, -0.1) is 0 Å². The second kappa shape index (κ2) is 13.0. The number of hydrogen-bond acceptors (Lipinski definition) is 3. The number of Topliss-reactive ketones (excluding diaryl/α,β-unsaturated/α-hetero) is 1. The summed E-state index contributed by atoms with van der Waals surface area (Å²) in [5, 5.41) is 3.08. The average Bonchev–Trinajstić information content (AvgIpc) is 2.91. The molecule has 5 nitrogen and oxygen atoms in total. The first-order chi connectivity index (χ1) is 16.8. The molecular formula is C30H44N2O3. The molecule has 3 aliphatic rings. The number of rotatable bonds is 7. The zero-order chi connectivity index (χ0) is 25.4. The number of allylic oxidation sites excluding steroid dienone is 2. The molecule has 1 aromatic carbocycles. The summed E-state index contributed by atoms with van der Waals surface area (Å²) in [6, 6.07) is 7.30. The van der Waals surface area contributed by atoms with Crippen LogP contribution in [0.4, 0.5) is 0 Å². The largest absolute Gasteiger partial charge is 0.345 e. The van der Waals surface area contributed by atoms with Crippen LogP contribution in [0.25, 0.3) is 0 Å². The van der Waals surface area contributed by atoms with Crippen molar-refractivity contribution < 1.29 is 14.4 Å². The first-order valence-corrected chi connectivity index (χ1v) is 13.6. The van der Waals surface area contributed by atoms with Crippen LogP contribution in [-0.4, -0.2) is 42.1 Å². The van der Waals surface area contributed by atoms with E-state index in [1.165, 1.54) is 12.8 Å². The first kappa shape index (κ1) is 27.2. The maximum absolute atomic E-state index is 13.1. The van der Waals surface area contributed by atoms with Gasteiger partial charge in [0, 0.05) is 30.5 Å². The number of likely N-dealkylation sites (tertiary alicyclic amines) is 1. The van der Waals surface area contributed by atoms with Gasteiger partial charge in [0.05, 0.1) is 6.04 Å². The minimum Gasteiger partial charge on any atom is -0.345 e. The highest BCUT2D eigenvalue weighted by Crippen LogP contribution is 2.29. The Kier molecular flexibility index (Phi) is 10.1. The first-order valence-electron chi connectivity index (χ1n) is 13.6. The molecule has 3 unspecified atom stereocenters. The zero-order valence-corrected chi connectivity index (χ0v) is 22.1. The minimum atomic E-state index is -0.397. The number of carbonyl (C=O) groups excluding carboxylic acids is 3. The van der Waals surface area contributed by atoms with Crippen LogP contribution in [-0.2, 0) is 9.59 Å². The molecule has 1 aromatic rings. The highest BCUT2D eigenvalue weighted by molar-refractivity contribution is 5.98. The lowest BCUT2D eigenvalue weighted by Gasteiger charge is -2.31. The Morgan fingerprint density at radius 1 is 1.09 bits per heavy atom. The number of amides is 2. The molecule has 5 heteroatoms. The number of benzene rings is 1. The van der Waals surface area contributed by atoms with Crippen molar-refractivity contribution in [3.05, 3.63) is 47.0 Å². The van der Waals surface area contributed by atoms with Crippen molar-refractivity contribution in [2.24, 2.45) is 17.8 Å². The standard InChI is InChI=1S/C24H34N2O3.C6H10/c1-17(2)23(28)22(18-8-4-3-5-9-18)25-24(29)20-11-6-10-19(14-20)21-12-7-13-26(15-21)16-27;1-5-3-4-6(5)2/h6,10-11,14,16-18,21-22H,3-5,7-9,12-13,15H2,1-2H3,(H,25,29);3,6H,4H2,1-2H3. The fourth-order valence-electron chi connectivity index (χ4n) is 5.37. The van der Waals surface area contributed by atoms with Crippen LogP contribution in [0, 0.1) is 17.8 Å². The predicted molar refractivity (Wildman–Crippen MR) is 141 cm³/mol. The fourth-order valence-corrected chi connectivity index (χ4v) is 5.37. The number of nitrogens with one attached hydrogen (secondary N) is 1. The van der Waals surface area contributed by atoms with Crippen LogP contribution in [0.1, 0.15) is 101 Å². The molecule has 1 saturated heterocycles. The SMILES string of the molecule is CC(C)C(=O)C(NC(=O)c1cccc(C2CCCN(C=O)C2)c1)C1CCCCC1.CC1=CCC1C. The summed E-state index contributed by atoms with van der Waals surface area (Å²) in [5.41, 5.74) is 3.26. The summed E-state index contributed by atoms with van der Waals surface area (Å²) < 4.78 is 0. The predicted octanol–water partition coefficient (Wildman–Crippen LogP) is 5.90. The van der Waals surface area contributed by atoms with Crippen LogP contribution >= 0.6 is 0 Å². The summed E-state index contributed by atoms with van der Waals surface area (Å²) in [6.45, 7) is 9.77. The van der Waals surface area contributed by atoms with Gasteiger partial charge in [0.2, 0.25) is 6.41 Å². The van der Waals surface area contributed by atoms with Gasteiger partial charge in [0.25, 0.3) is 5.91 Å². The van der Waals surface area contributed by atoms with Gasteiger partial charge in [-0.05, 0) is 68.6 Å². The van der Waals surface area contributed by atoms with E-state index in [9.17, 15) is 14.4 Å². The monoisotopic (exact) mass is 480 g/mol. The van der Waals surface area contributed by atoms with E-state index in [4.69, 9.17) is 0 Å². The van der Waals surface area contributed by atoms with Gasteiger partial charge >= 0.3 is 0 Å². The second-order valence-corrected chi connectivity index (χ2v) is 11.1. The molecular weight excluding hydrogens is 436 g/mol. The van der Waals surface area contributed by atoms with Crippen molar-refractivity contribution in [3.8, 4) is 0 Å². The van der Waals surface area contributed by atoms with Gasteiger partial charge in [-0.1, -0.05) is 63.8 Å². The van der Waals surface area contributed by atoms with Crippen molar-refractivity contribution in [1.82, 2.24) is 10.2 Å². The number of nitrogens with zero attached hydrogens (tertiary/aromatic N) is 1. The van der Waals surface area contributed by atoms with Crippen molar-refractivity contribution in [3.63, 3.8) is 0 Å². The molecule has 1 saturated carbocycles. The van der Waals surface area contributed by atoms with E-state index in [2.05, 4.69) is 25.2 Å². The molecule has 2 amide bonds. The Morgan fingerprint density at radius 3 is 2.37 bits per heavy atom. The summed E-state index contributed by atoms with van der Waals surface area (Å²) >= 11 is 0. The molecule has 2 aliphatic carbocycles. The zero-order valence-electron chi connectivity index (χ0n) is 22.1. The van der Waals surface area contributed by atoms with E-state index < -0.39 is 6.04 Å². The Bertz CT molecular complexity index is 901. The van der Waals surface area contributed by atoms with Crippen molar-refractivity contribution in [1.29, 1.82) is 0 Å². The fraction of sp³-hybridized carbons (Fsp3) is 0.633. The highest BCUT2D eigenvalue weighted by atomic mass is 16.2. The maximum Gasteiger partial charge on any atom is 0.251 e. The second-order valence-electron chi connectivity index (χ2n) is 11.1. The molecule has 0 radical (unpaired) electrons. The van der Waals surface area contributed by atoms with Crippen molar-refractivity contribution in [2.75, 3.05) is 13.1 Å². The van der Waals surface area contributed by atoms with Gasteiger partial charge in [0.15, 0.2) is 5.78 Å². The summed E-state index contributed by atoms with van der Waals surface area (Å²) in [5.74, 6) is 1.27. The summed E-state index contributed by atoms with van der Waals surface area (Å²) in [7, 11) is 0. The van der Waals surface area contributed by atoms with Crippen LogP contribution in [0.5, 0.6) is 0 Å². The smallest absolute Gasteiger partial charge is 0.251 e. The lowest BCUT2D eigenvalue weighted by molar-refractivity contribution is -0.125. The third-order valence-corrected chi connectivity index (χ3v) is 8.08. The van der Waals surface area contributed by atoms with Gasteiger partial charge in [-0.2, -0.15) is 0 Å². The summed E-state index contributed by atoms with van der Waals surface area (Å²) in [4.78, 5) is 38.8. The molecule has 1 N–H and O–H groups in total. The van der Waals surface area contributed by atoms with E-state index in [0.29, 0.717) is 12.1 Å². The molecule has 3 atom stereocenters. The van der Waals surface area contributed by atoms with Crippen molar-refractivity contribution >= 4 is 18.1 Å². The Morgan fingerprint density at radius 2 is 1.80 bits per heavy atom. The molecule has 0 spiro atoms. The number of hydrogen-bond donors (Lipinski definition) is 1. The minimum absolute atomic E-state index is 0.0925. The van der Waals surface area contributed by atoms with E-state index in [1.807, 2.05) is 38.1 Å². The van der Waals surface area contributed by atoms with Crippen LogP contribution in [0.3, 0.4) is 0 Å². The quantitative estimate of drug-likeness (QED) is 0.390. The van der Waals surface area contributed by atoms with Crippen molar-refractivity contribution in [2.45, 2.75) is 91.0 Å². The topological polar surface area (TPSA) is 66.5 Å². The molecule has 192 valence electrons. The van der Waals surface area contributed by atoms with E-state index >= 15 is 0 Å². The van der Waals surface area contributed by atoms with Gasteiger partial charge in [0.1, 0.15) is 0 Å². The van der Waals surface area contributed by atoms with Crippen LogP contribution < -0.4 is 5.32 Å². The van der Waals surface area contributed by atoms with E-state index in [-0.39, 0.29) is 29.4 Å². The Balaban J connectivity index is 0.000000497. The number of ketones is 1.